The minimum absolute atomic E-state index is 0.211. The minimum Gasteiger partial charge on any atom is -0.496 e. The Balaban J connectivity index is 1.64. The van der Waals surface area contributed by atoms with E-state index < -0.39 is 0 Å². The van der Waals surface area contributed by atoms with Crippen LogP contribution in [0, 0.1) is 6.92 Å². The Labute approximate surface area is 170 Å². The summed E-state index contributed by atoms with van der Waals surface area (Å²) in [4.78, 5) is 26.3. The van der Waals surface area contributed by atoms with Crippen LogP contribution in [0.25, 0.3) is 6.08 Å². The van der Waals surface area contributed by atoms with Crippen LogP contribution in [0.15, 0.2) is 51.8 Å². The van der Waals surface area contributed by atoms with Gasteiger partial charge in [-0.05, 0) is 70.5 Å². The zero-order valence-corrected chi connectivity index (χ0v) is 17.3. The molecular weight excluding hydrogens is 430 g/mol. The summed E-state index contributed by atoms with van der Waals surface area (Å²) in [5.74, 6) is 1.11. The highest BCUT2D eigenvalue weighted by atomic mass is 79.9. The fourth-order valence-electron chi connectivity index (χ4n) is 2.51. The first-order valence-electron chi connectivity index (χ1n) is 8.26. The third-order valence-corrected chi connectivity index (χ3v) is 5.48. The van der Waals surface area contributed by atoms with Gasteiger partial charge < -0.3 is 9.47 Å². The number of carbonyl (C=O) groups is 2. The smallest absolute Gasteiger partial charge is 0.293 e. The topological polar surface area (TPSA) is 55.8 Å². The van der Waals surface area contributed by atoms with Crippen molar-refractivity contribution >= 4 is 44.9 Å². The maximum Gasteiger partial charge on any atom is 0.293 e. The van der Waals surface area contributed by atoms with Crippen molar-refractivity contribution in [2.75, 3.05) is 20.3 Å². The van der Waals surface area contributed by atoms with Crippen molar-refractivity contribution in [3.63, 3.8) is 0 Å². The van der Waals surface area contributed by atoms with Crippen molar-refractivity contribution in [3.8, 4) is 11.5 Å². The number of imide groups is 1. The normalized spacial score (nSPS) is 15.5. The lowest BCUT2D eigenvalue weighted by Gasteiger charge is -2.13. The highest BCUT2D eigenvalue weighted by Crippen LogP contribution is 2.33. The number of amides is 2. The van der Waals surface area contributed by atoms with Crippen LogP contribution >= 0.6 is 27.7 Å². The van der Waals surface area contributed by atoms with Crippen LogP contribution < -0.4 is 9.47 Å². The Morgan fingerprint density at radius 3 is 2.56 bits per heavy atom. The first-order valence-corrected chi connectivity index (χ1v) is 9.87. The molecule has 140 valence electrons. The summed E-state index contributed by atoms with van der Waals surface area (Å²) in [5.41, 5.74) is 1.95. The first kappa shape index (κ1) is 19.5. The SMILES string of the molecule is COc1ccc(/C=C2\SC(=O)N(CCOc3ccc(C)cc3)C2=O)cc1Br. The molecule has 1 aliphatic heterocycles. The fourth-order valence-corrected chi connectivity index (χ4v) is 3.93. The van der Waals surface area contributed by atoms with Crippen molar-refractivity contribution in [2.24, 2.45) is 0 Å². The molecule has 0 aliphatic carbocycles. The number of aryl methyl sites for hydroxylation is 1. The van der Waals surface area contributed by atoms with Gasteiger partial charge in [-0.25, -0.2) is 0 Å². The van der Waals surface area contributed by atoms with Crippen LogP contribution in [0.4, 0.5) is 4.79 Å². The maximum absolute atomic E-state index is 12.5. The molecule has 0 saturated carbocycles. The molecule has 0 unspecified atom stereocenters. The Kier molecular flexibility index (Phi) is 6.23. The highest BCUT2D eigenvalue weighted by Gasteiger charge is 2.34. The van der Waals surface area contributed by atoms with Crippen LogP contribution in [-0.4, -0.2) is 36.3 Å². The zero-order chi connectivity index (χ0) is 19.4. The second-order valence-corrected chi connectivity index (χ2v) is 7.74. The molecule has 0 atom stereocenters. The average molecular weight is 448 g/mol. The van der Waals surface area contributed by atoms with Gasteiger partial charge in [0, 0.05) is 0 Å². The predicted molar refractivity (Wildman–Crippen MR) is 110 cm³/mol. The molecule has 0 spiro atoms. The van der Waals surface area contributed by atoms with Gasteiger partial charge in [0.05, 0.1) is 23.0 Å². The highest BCUT2D eigenvalue weighted by molar-refractivity contribution is 9.10. The summed E-state index contributed by atoms with van der Waals surface area (Å²) in [7, 11) is 1.59. The standard InChI is InChI=1S/C20H18BrNO4S/c1-13-3-6-15(7-4-13)26-10-9-22-19(23)18(27-20(22)24)12-14-5-8-17(25-2)16(21)11-14/h3-8,11-12H,9-10H2,1-2H3/b18-12-. The van der Waals surface area contributed by atoms with E-state index in [-0.39, 0.29) is 24.3 Å². The molecule has 1 fully saturated rings. The lowest BCUT2D eigenvalue weighted by atomic mass is 10.2. The molecule has 1 aliphatic rings. The van der Waals surface area contributed by atoms with Crippen molar-refractivity contribution in [1.29, 1.82) is 0 Å². The molecule has 0 bridgehead atoms. The summed E-state index contributed by atoms with van der Waals surface area (Å²) >= 11 is 4.35. The Bertz CT molecular complexity index is 895. The number of benzene rings is 2. The number of hydrogen-bond donors (Lipinski definition) is 0. The molecule has 27 heavy (non-hydrogen) atoms. The van der Waals surface area contributed by atoms with Gasteiger partial charge >= 0.3 is 0 Å². The van der Waals surface area contributed by atoms with E-state index in [1.807, 2.05) is 43.3 Å². The Morgan fingerprint density at radius 1 is 1.15 bits per heavy atom. The van der Waals surface area contributed by atoms with Crippen molar-refractivity contribution in [2.45, 2.75) is 6.92 Å². The lowest BCUT2D eigenvalue weighted by molar-refractivity contribution is -0.123. The number of hydrogen-bond acceptors (Lipinski definition) is 5. The maximum atomic E-state index is 12.5. The van der Waals surface area contributed by atoms with Gasteiger partial charge in [0.1, 0.15) is 18.1 Å². The first-order chi connectivity index (χ1) is 13.0. The largest absolute Gasteiger partial charge is 0.496 e. The number of nitrogens with zero attached hydrogens (tertiary/aromatic N) is 1. The number of rotatable bonds is 6. The van der Waals surface area contributed by atoms with Crippen molar-refractivity contribution in [3.05, 3.63) is 63.0 Å². The summed E-state index contributed by atoms with van der Waals surface area (Å²) in [6.07, 6.45) is 1.70. The summed E-state index contributed by atoms with van der Waals surface area (Å²) in [6, 6.07) is 13.1. The number of carbonyl (C=O) groups excluding carboxylic acids is 2. The number of ether oxygens (including phenoxy) is 2. The van der Waals surface area contributed by atoms with Gasteiger partial charge in [-0.3, -0.25) is 14.5 Å². The third kappa shape index (κ3) is 4.73. The quantitative estimate of drug-likeness (QED) is 0.590. The van der Waals surface area contributed by atoms with Crippen LogP contribution in [0.1, 0.15) is 11.1 Å². The van der Waals surface area contributed by atoms with E-state index >= 15 is 0 Å². The third-order valence-electron chi connectivity index (χ3n) is 3.95. The molecule has 1 saturated heterocycles. The Hall–Kier alpha value is -2.25. The molecule has 5 nitrogen and oxygen atoms in total. The second-order valence-electron chi connectivity index (χ2n) is 5.89. The zero-order valence-electron chi connectivity index (χ0n) is 14.9. The molecule has 0 aromatic heterocycles. The number of halogens is 1. The molecule has 3 rings (SSSR count). The van der Waals surface area contributed by atoms with Gasteiger partial charge in [-0.2, -0.15) is 0 Å². The fraction of sp³-hybridized carbons (Fsp3) is 0.200. The molecule has 0 N–H and O–H groups in total. The van der Waals surface area contributed by atoms with E-state index in [1.54, 1.807) is 19.3 Å². The summed E-state index contributed by atoms with van der Waals surface area (Å²) in [5, 5.41) is -0.286. The monoisotopic (exact) mass is 447 g/mol. The lowest BCUT2D eigenvalue weighted by Crippen LogP contribution is -2.32. The van der Waals surface area contributed by atoms with Crippen LogP contribution in [0.5, 0.6) is 11.5 Å². The molecule has 1 heterocycles. The minimum atomic E-state index is -0.301. The Morgan fingerprint density at radius 2 is 1.89 bits per heavy atom. The molecule has 0 radical (unpaired) electrons. The number of thioether (sulfide) groups is 1. The van der Waals surface area contributed by atoms with Gasteiger partial charge in [0.15, 0.2) is 0 Å². The summed E-state index contributed by atoms with van der Waals surface area (Å²) in [6.45, 7) is 2.46. The van der Waals surface area contributed by atoms with Gasteiger partial charge in [-0.1, -0.05) is 23.8 Å². The second kappa shape index (κ2) is 8.63. The average Bonchev–Trinajstić information content (AvgIpc) is 2.91. The van der Waals surface area contributed by atoms with Crippen LogP contribution in [0.3, 0.4) is 0 Å². The van der Waals surface area contributed by atoms with Crippen molar-refractivity contribution < 1.29 is 19.1 Å². The molecular formula is C20H18BrNO4S. The molecule has 2 aromatic rings. The van der Waals surface area contributed by atoms with E-state index in [0.717, 1.165) is 27.4 Å². The van der Waals surface area contributed by atoms with Gasteiger partial charge in [0.2, 0.25) is 0 Å². The van der Waals surface area contributed by atoms with E-state index in [4.69, 9.17) is 9.47 Å². The van der Waals surface area contributed by atoms with Gasteiger partial charge in [-0.15, -0.1) is 0 Å². The number of methoxy groups -OCH3 is 1. The van der Waals surface area contributed by atoms with E-state index in [0.29, 0.717) is 16.4 Å². The summed E-state index contributed by atoms with van der Waals surface area (Å²) < 4.78 is 11.6. The van der Waals surface area contributed by atoms with Gasteiger partial charge in [0.25, 0.3) is 11.1 Å². The van der Waals surface area contributed by atoms with Crippen molar-refractivity contribution in [1.82, 2.24) is 4.90 Å². The van der Waals surface area contributed by atoms with Crippen LogP contribution in [0.2, 0.25) is 0 Å². The predicted octanol–water partition coefficient (Wildman–Crippen LogP) is 4.88. The molecule has 7 heteroatoms. The van der Waals surface area contributed by atoms with E-state index in [9.17, 15) is 9.59 Å². The van der Waals surface area contributed by atoms with E-state index in [2.05, 4.69) is 15.9 Å². The molecule has 2 aromatic carbocycles. The molecule has 2 amide bonds. The van der Waals surface area contributed by atoms with E-state index in [1.165, 1.54) is 4.90 Å². The van der Waals surface area contributed by atoms with Crippen LogP contribution in [-0.2, 0) is 4.79 Å².